The number of hydrogen-bond donors (Lipinski definition) is 7. The standard InChI is InChI=1S/C23H22O13/c1-8(25)33-10-5-12(27)16-14(6-10)34-22(20(31)18(16)29)9-2-3-11(26)13(4-9)35-23-21(32)19(30)17(28)15(7-24)36-23/h2-6,15,17,19,21,23-24,26-28,30-32H,7H2,1H3/t15-,17-,19+,21-,23-/m1/s1. The van der Waals surface area contributed by atoms with Gasteiger partial charge in [-0.15, -0.1) is 0 Å². The Hall–Kier alpha value is -3.88. The average molecular weight is 506 g/mol. The molecule has 0 aliphatic carbocycles. The van der Waals surface area contributed by atoms with Crippen LogP contribution >= 0.6 is 0 Å². The summed E-state index contributed by atoms with van der Waals surface area (Å²) in [6, 6.07) is 5.66. The van der Waals surface area contributed by atoms with Gasteiger partial charge in [-0.2, -0.15) is 0 Å². The molecular weight excluding hydrogens is 484 g/mol. The van der Waals surface area contributed by atoms with E-state index in [9.17, 15) is 45.3 Å². The predicted molar refractivity (Wildman–Crippen MR) is 119 cm³/mol. The average Bonchev–Trinajstić information content (AvgIpc) is 2.82. The third-order valence-electron chi connectivity index (χ3n) is 5.50. The molecule has 192 valence electrons. The van der Waals surface area contributed by atoms with Crippen LogP contribution in [0.1, 0.15) is 6.92 Å². The van der Waals surface area contributed by atoms with Gasteiger partial charge in [0.25, 0.3) is 0 Å². The van der Waals surface area contributed by atoms with Gasteiger partial charge < -0.3 is 54.4 Å². The van der Waals surface area contributed by atoms with Crippen molar-refractivity contribution >= 4 is 16.9 Å². The molecule has 0 unspecified atom stereocenters. The van der Waals surface area contributed by atoms with Crippen molar-refractivity contribution in [1.29, 1.82) is 0 Å². The topological polar surface area (TPSA) is 217 Å². The van der Waals surface area contributed by atoms with Gasteiger partial charge in [0.1, 0.15) is 46.9 Å². The Morgan fingerprint density at radius 3 is 2.39 bits per heavy atom. The number of fused-ring (bicyclic) bond motifs is 1. The van der Waals surface area contributed by atoms with Crippen LogP contribution in [0.3, 0.4) is 0 Å². The maximum Gasteiger partial charge on any atom is 0.308 e. The third-order valence-corrected chi connectivity index (χ3v) is 5.50. The molecule has 2 heterocycles. The van der Waals surface area contributed by atoms with Crippen molar-refractivity contribution in [3.63, 3.8) is 0 Å². The zero-order valence-corrected chi connectivity index (χ0v) is 18.6. The Balaban J connectivity index is 1.75. The Labute approximate surface area is 201 Å². The largest absolute Gasteiger partial charge is 0.507 e. The van der Waals surface area contributed by atoms with Gasteiger partial charge in [-0.3, -0.25) is 9.59 Å². The number of aromatic hydroxyl groups is 3. The molecule has 1 aromatic heterocycles. The number of benzene rings is 2. The number of carbonyl (C=O) groups is 1. The summed E-state index contributed by atoms with van der Waals surface area (Å²) in [6.45, 7) is 0.433. The molecule has 1 fully saturated rings. The molecule has 0 spiro atoms. The highest BCUT2D eigenvalue weighted by atomic mass is 16.7. The first-order valence-electron chi connectivity index (χ1n) is 10.5. The SMILES string of the molecule is CC(=O)Oc1cc(O)c2c(=O)c(O)c(-c3ccc(O)c(O[C@@H]4O[C@H](CO)[C@@H](O)[C@H](O)[C@H]4O)c3)oc2c1. The minimum atomic E-state index is -1.76. The molecule has 1 aliphatic heterocycles. The molecule has 1 aliphatic rings. The van der Waals surface area contributed by atoms with E-state index < -0.39 is 71.7 Å². The number of rotatable bonds is 5. The summed E-state index contributed by atoms with van der Waals surface area (Å²) in [6.07, 6.45) is -8.00. The van der Waals surface area contributed by atoms with E-state index in [-0.39, 0.29) is 28.0 Å². The van der Waals surface area contributed by atoms with Crippen LogP contribution in [0.25, 0.3) is 22.3 Å². The van der Waals surface area contributed by atoms with Crippen molar-refractivity contribution in [2.24, 2.45) is 0 Å². The molecule has 5 atom stereocenters. The lowest BCUT2D eigenvalue weighted by Gasteiger charge is -2.39. The van der Waals surface area contributed by atoms with Gasteiger partial charge in [-0.05, 0) is 18.2 Å². The maximum atomic E-state index is 12.7. The molecule has 7 N–H and O–H groups in total. The van der Waals surface area contributed by atoms with E-state index in [2.05, 4.69) is 0 Å². The lowest BCUT2D eigenvalue weighted by Crippen LogP contribution is -2.60. The molecular formula is C23H22O13. The number of ether oxygens (including phenoxy) is 3. The van der Waals surface area contributed by atoms with Crippen LogP contribution in [0.5, 0.6) is 28.7 Å². The van der Waals surface area contributed by atoms with Crippen LogP contribution in [-0.4, -0.2) is 79.0 Å². The van der Waals surface area contributed by atoms with Gasteiger partial charge in [-0.1, -0.05) is 0 Å². The number of phenolic OH excluding ortho intramolecular Hbond substituents is 2. The third kappa shape index (κ3) is 4.53. The number of aliphatic hydroxyl groups excluding tert-OH is 4. The van der Waals surface area contributed by atoms with E-state index in [0.29, 0.717) is 0 Å². The van der Waals surface area contributed by atoms with E-state index in [0.717, 1.165) is 31.2 Å². The fourth-order valence-corrected chi connectivity index (χ4v) is 3.72. The summed E-state index contributed by atoms with van der Waals surface area (Å²) in [5.41, 5.74) is -1.22. The molecule has 4 rings (SSSR count). The van der Waals surface area contributed by atoms with Gasteiger partial charge in [-0.25, -0.2) is 0 Å². The molecule has 0 amide bonds. The predicted octanol–water partition coefficient (Wildman–Crippen LogP) is -0.319. The summed E-state index contributed by atoms with van der Waals surface area (Å²) >= 11 is 0. The molecule has 1 saturated heterocycles. The van der Waals surface area contributed by atoms with Gasteiger partial charge in [0.2, 0.25) is 17.5 Å². The van der Waals surface area contributed by atoms with Crippen molar-refractivity contribution < 1.29 is 59.2 Å². The minimum absolute atomic E-state index is 0.00118. The van der Waals surface area contributed by atoms with Crippen molar-refractivity contribution in [3.8, 4) is 40.1 Å². The Morgan fingerprint density at radius 1 is 1.00 bits per heavy atom. The van der Waals surface area contributed by atoms with Crippen molar-refractivity contribution in [2.45, 2.75) is 37.6 Å². The van der Waals surface area contributed by atoms with Crippen LogP contribution < -0.4 is 14.9 Å². The van der Waals surface area contributed by atoms with Gasteiger partial charge in [0.05, 0.1) is 6.61 Å². The van der Waals surface area contributed by atoms with Crippen LogP contribution in [-0.2, 0) is 9.53 Å². The zero-order valence-electron chi connectivity index (χ0n) is 18.6. The first-order chi connectivity index (χ1) is 17.0. The molecule has 0 saturated carbocycles. The summed E-state index contributed by atoms with van der Waals surface area (Å²) in [7, 11) is 0. The lowest BCUT2D eigenvalue weighted by molar-refractivity contribution is -0.277. The van der Waals surface area contributed by atoms with E-state index in [1.807, 2.05) is 0 Å². The lowest BCUT2D eigenvalue weighted by atomic mass is 9.99. The number of aliphatic hydroxyl groups is 4. The number of esters is 1. The van der Waals surface area contributed by atoms with E-state index in [4.69, 9.17) is 18.6 Å². The number of hydrogen-bond acceptors (Lipinski definition) is 13. The summed E-state index contributed by atoms with van der Waals surface area (Å²) < 4.78 is 21.2. The van der Waals surface area contributed by atoms with E-state index >= 15 is 0 Å². The molecule has 3 aromatic rings. The minimum Gasteiger partial charge on any atom is -0.507 e. The highest BCUT2D eigenvalue weighted by Crippen LogP contribution is 2.39. The molecule has 0 bridgehead atoms. The van der Waals surface area contributed by atoms with E-state index in [1.54, 1.807) is 0 Å². The quantitative estimate of drug-likeness (QED) is 0.175. The second kappa shape index (κ2) is 9.64. The maximum absolute atomic E-state index is 12.7. The molecule has 0 radical (unpaired) electrons. The molecule has 13 nitrogen and oxygen atoms in total. The highest BCUT2D eigenvalue weighted by molar-refractivity contribution is 5.89. The monoisotopic (exact) mass is 506 g/mol. The molecule has 2 aromatic carbocycles. The van der Waals surface area contributed by atoms with Gasteiger partial charge in [0, 0.05) is 24.6 Å². The van der Waals surface area contributed by atoms with Gasteiger partial charge in [0.15, 0.2) is 17.3 Å². The van der Waals surface area contributed by atoms with Crippen LogP contribution in [0.15, 0.2) is 39.5 Å². The summed E-state index contributed by atoms with van der Waals surface area (Å²) in [5, 5.41) is 69.9. The van der Waals surface area contributed by atoms with Crippen LogP contribution in [0.2, 0.25) is 0 Å². The van der Waals surface area contributed by atoms with Crippen molar-refractivity contribution in [3.05, 3.63) is 40.6 Å². The first kappa shape index (κ1) is 25.2. The van der Waals surface area contributed by atoms with E-state index in [1.165, 1.54) is 6.07 Å². The highest BCUT2D eigenvalue weighted by Gasteiger charge is 2.45. The number of carbonyl (C=O) groups excluding carboxylic acids is 1. The zero-order chi connectivity index (χ0) is 26.3. The Bertz CT molecular complexity index is 1360. The second-order valence-electron chi connectivity index (χ2n) is 8.02. The molecule has 36 heavy (non-hydrogen) atoms. The number of phenols is 2. The molecule has 13 heteroatoms. The van der Waals surface area contributed by atoms with Crippen molar-refractivity contribution in [1.82, 2.24) is 0 Å². The normalized spacial score (nSPS) is 24.0. The fourth-order valence-electron chi connectivity index (χ4n) is 3.72. The first-order valence-corrected chi connectivity index (χ1v) is 10.5. The van der Waals surface area contributed by atoms with Gasteiger partial charge >= 0.3 is 5.97 Å². The summed E-state index contributed by atoms with van der Waals surface area (Å²) in [5.74, 6) is -3.50. The van der Waals surface area contributed by atoms with Crippen LogP contribution in [0.4, 0.5) is 0 Å². The fraction of sp³-hybridized carbons (Fsp3) is 0.304. The Morgan fingerprint density at radius 2 is 1.72 bits per heavy atom. The Kier molecular flexibility index (Phi) is 6.75. The smallest absolute Gasteiger partial charge is 0.308 e. The second-order valence-corrected chi connectivity index (χ2v) is 8.02. The summed E-state index contributed by atoms with van der Waals surface area (Å²) in [4.78, 5) is 24.0. The van der Waals surface area contributed by atoms with Crippen LogP contribution in [0, 0.1) is 0 Å². The van der Waals surface area contributed by atoms with Crippen molar-refractivity contribution in [2.75, 3.05) is 6.61 Å².